The van der Waals surface area contributed by atoms with Crippen LogP contribution in [0.25, 0.3) is 0 Å². The molecule has 2 aromatic rings. The van der Waals surface area contributed by atoms with Crippen LogP contribution in [0.15, 0.2) is 53.4 Å². The monoisotopic (exact) mass is 427 g/mol. The number of likely N-dealkylation sites (tertiary alicyclic amines) is 1. The Hall–Kier alpha value is -1.90. The fourth-order valence-electron chi connectivity index (χ4n) is 4.22. The average Bonchev–Trinajstić information content (AvgIpc) is 2.64. The maximum atomic E-state index is 13.9. The minimum atomic E-state index is -5.00. The highest BCUT2D eigenvalue weighted by atomic mass is 32.2. The summed E-state index contributed by atoms with van der Waals surface area (Å²) < 4.78 is 74.2. The van der Waals surface area contributed by atoms with E-state index in [9.17, 15) is 26.1 Å². The van der Waals surface area contributed by atoms with E-state index < -0.39 is 32.2 Å². The van der Waals surface area contributed by atoms with Crippen molar-refractivity contribution in [2.24, 2.45) is 5.92 Å². The predicted octanol–water partition coefficient (Wildman–Crippen LogP) is 4.75. The number of rotatable bonds is 4. The Morgan fingerprint density at radius 1 is 1.14 bits per heavy atom. The number of hydrogen-bond acceptors (Lipinski definition) is 3. The maximum Gasteiger partial charge on any atom is 0.418 e. The molecule has 4 nitrogen and oxygen atoms in total. The van der Waals surface area contributed by atoms with Crippen LogP contribution >= 0.6 is 0 Å². The molecule has 8 heteroatoms. The third-order valence-corrected chi connectivity index (χ3v) is 6.92. The van der Waals surface area contributed by atoms with Crippen molar-refractivity contribution in [3.05, 3.63) is 65.2 Å². The van der Waals surface area contributed by atoms with Crippen molar-refractivity contribution in [2.45, 2.75) is 43.3 Å². The third kappa shape index (κ3) is 4.49. The molecule has 29 heavy (non-hydrogen) atoms. The summed E-state index contributed by atoms with van der Waals surface area (Å²) in [5.41, 5.74) is -1.08. The molecule has 0 bridgehead atoms. The fraction of sp³-hybridized carbons (Fsp3) is 0.429. The molecule has 2 aromatic carbocycles. The SMILES string of the molecule is CC1CN(Cc2ccccc2)CCC1(C)c1cccc(S(=O)(=O)O)c1C(F)(F)F. The van der Waals surface area contributed by atoms with Crippen molar-refractivity contribution in [1.82, 2.24) is 4.90 Å². The first-order chi connectivity index (χ1) is 13.4. The molecule has 0 spiro atoms. The van der Waals surface area contributed by atoms with Crippen LogP contribution in [-0.2, 0) is 28.3 Å². The van der Waals surface area contributed by atoms with Crippen molar-refractivity contribution in [1.29, 1.82) is 0 Å². The molecular formula is C21H24F3NO3S. The molecule has 1 saturated heterocycles. The number of piperidine rings is 1. The number of benzene rings is 2. The lowest BCUT2D eigenvalue weighted by atomic mass is 9.66. The topological polar surface area (TPSA) is 57.6 Å². The van der Waals surface area contributed by atoms with E-state index in [1.807, 2.05) is 37.3 Å². The van der Waals surface area contributed by atoms with Crippen LogP contribution < -0.4 is 0 Å². The van der Waals surface area contributed by atoms with Gasteiger partial charge < -0.3 is 0 Å². The van der Waals surface area contributed by atoms with Gasteiger partial charge in [-0.05, 0) is 41.5 Å². The van der Waals surface area contributed by atoms with Crippen molar-refractivity contribution >= 4 is 10.1 Å². The van der Waals surface area contributed by atoms with Gasteiger partial charge in [0.05, 0.1) is 5.56 Å². The summed E-state index contributed by atoms with van der Waals surface area (Å²) in [6.45, 7) is 5.51. The molecule has 2 unspecified atom stereocenters. The quantitative estimate of drug-likeness (QED) is 0.716. The van der Waals surface area contributed by atoms with Gasteiger partial charge in [-0.3, -0.25) is 9.45 Å². The number of halogens is 3. The zero-order valence-corrected chi connectivity index (χ0v) is 17.1. The van der Waals surface area contributed by atoms with E-state index in [0.29, 0.717) is 26.1 Å². The molecule has 3 rings (SSSR count). The molecule has 0 saturated carbocycles. The summed E-state index contributed by atoms with van der Waals surface area (Å²) in [6.07, 6.45) is -4.45. The van der Waals surface area contributed by atoms with Crippen molar-refractivity contribution in [2.75, 3.05) is 13.1 Å². The van der Waals surface area contributed by atoms with Gasteiger partial charge in [-0.2, -0.15) is 21.6 Å². The molecule has 1 aliphatic rings. The van der Waals surface area contributed by atoms with E-state index in [1.54, 1.807) is 6.92 Å². The van der Waals surface area contributed by atoms with Crippen LogP contribution in [0.5, 0.6) is 0 Å². The van der Waals surface area contributed by atoms with Gasteiger partial charge in [0.15, 0.2) is 0 Å². The molecule has 0 aromatic heterocycles. The highest BCUT2D eigenvalue weighted by molar-refractivity contribution is 7.85. The fourth-order valence-corrected chi connectivity index (χ4v) is 4.95. The number of nitrogens with zero attached hydrogens (tertiary/aromatic N) is 1. The first-order valence-electron chi connectivity index (χ1n) is 9.37. The Labute approximate surface area is 169 Å². The summed E-state index contributed by atoms with van der Waals surface area (Å²) in [5.74, 6) is -0.155. The molecule has 0 amide bonds. The van der Waals surface area contributed by atoms with Crippen LogP contribution in [0.1, 0.15) is 37.0 Å². The summed E-state index contributed by atoms with van der Waals surface area (Å²) in [5, 5.41) is 0. The summed E-state index contributed by atoms with van der Waals surface area (Å²) >= 11 is 0. The van der Waals surface area contributed by atoms with E-state index in [2.05, 4.69) is 4.90 Å². The summed E-state index contributed by atoms with van der Waals surface area (Å²) in [6, 6.07) is 13.3. The molecule has 1 N–H and O–H groups in total. The highest BCUT2D eigenvalue weighted by Gasteiger charge is 2.47. The molecule has 1 heterocycles. The van der Waals surface area contributed by atoms with Crippen LogP contribution in [0, 0.1) is 5.92 Å². The second-order valence-electron chi connectivity index (χ2n) is 7.94. The second-order valence-corrected chi connectivity index (χ2v) is 9.33. The maximum absolute atomic E-state index is 13.9. The Kier molecular flexibility index (Phi) is 5.82. The standard InChI is InChI=1S/C21H24F3NO3S/c1-15-13-25(14-16-7-4-3-5-8-16)12-11-20(15,2)17-9-6-10-18(29(26,27)28)19(17)21(22,23)24/h3-10,15H,11-14H2,1-2H3,(H,26,27,28). The Balaban J connectivity index is 1.97. The predicted molar refractivity (Wildman–Crippen MR) is 104 cm³/mol. The number of alkyl halides is 3. The van der Waals surface area contributed by atoms with E-state index in [1.165, 1.54) is 12.1 Å². The van der Waals surface area contributed by atoms with E-state index in [4.69, 9.17) is 0 Å². The molecule has 0 radical (unpaired) electrons. The minimum absolute atomic E-state index is 0.0769. The Morgan fingerprint density at radius 2 is 1.79 bits per heavy atom. The molecule has 1 fully saturated rings. The third-order valence-electron chi connectivity index (χ3n) is 6.02. The average molecular weight is 427 g/mol. The zero-order chi connectivity index (χ0) is 21.4. The Bertz CT molecular complexity index is 976. The first kappa shape index (κ1) is 21.8. The summed E-state index contributed by atoms with van der Waals surface area (Å²) in [7, 11) is -5.00. The normalized spacial score (nSPS) is 23.9. The van der Waals surface area contributed by atoms with Crippen LogP contribution in [0.4, 0.5) is 13.2 Å². The van der Waals surface area contributed by atoms with Crippen LogP contribution in [0.2, 0.25) is 0 Å². The molecule has 2 atom stereocenters. The van der Waals surface area contributed by atoms with Gasteiger partial charge in [0.2, 0.25) is 0 Å². The molecule has 158 valence electrons. The molecular weight excluding hydrogens is 403 g/mol. The van der Waals surface area contributed by atoms with Crippen LogP contribution in [-0.4, -0.2) is 31.0 Å². The van der Waals surface area contributed by atoms with Gasteiger partial charge in [-0.1, -0.05) is 56.3 Å². The first-order valence-corrected chi connectivity index (χ1v) is 10.8. The van der Waals surface area contributed by atoms with Crippen molar-refractivity contribution < 1.29 is 26.1 Å². The number of hydrogen-bond donors (Lipinski definition) is 1. The van der Waals surface area contributed by atoms with Gasteiger partial charge in [0.25, 0.3) is 10.1 Å². The van der Waals surface area contributed by atoms with E-state index >= 15 is 0 Å². The van der Waals surface area contributed by atoms with E-state index in [0.717, 1.165) is 11.6 Å². The molecule has 0 aliphatic carbocycles. The van der Waals surface area contributed by atoms with Gasteiger partial charge >= 0.3 is 6.18 Å². The lowest BCUT2D eigenvalue weighted by molar-refractivity contribution is -0.141. The van der Waals surface area contributed by atoms with Gasteiger partial charge in [-0.15, -0.1) is 0 Å². The van der Waals surface area contributed by atoms with E-state index in [-0.39, 0.29) is 11.5 Å². The Morgan fingerprint density at radius 3 is 2.34 bits per heavy atom. The second kappa shape index (κ2) is 7.74. The lowest BCUT2D eigenvalue weighted by Crippen LogP contribution is -2.47. The van der Waals surface area contributed by atoms with Crippen molar-refractivity contribution in [3.8, 4) is 0 Å². The smallest absolute Gasteiger partial charge is 0.299 e. The van der Waals surface area contributed by atoms with Crippen molar-refractivity contribution in [3.63, 3.8) is 0 Å². The zero-order valence-electron chi connectivity index (χ0n) is 16.3. The minimum Gasteiger partial charge on any atom is -0.299 e. The molecule has 1 aliphatic heterocycles. The van der Waals surface area contributed by atoms with Gasteiger partial charge in [0.1, 0.15) is 4.90 Å². The van der Waals surface area contributed by atoms with Gasteiger partial charge in [0, 0.05) is 13.1 Å². The highest BCUT2D eigenvalue weighted by Crippen LogP contribution is 2.47. The van der Waals surface area contributed by atoms with Gasteiger partial charge in [-0.25, -0.2) is 0 Å². The largest absolute Gasteiger partial charge is 0.418 e. The van der Waals surface area contributed by atoms with Crippen LogP contribution in [0.3, 0.4) is 0 Å². The lowest BCUT2D eigenvalue weighted by Gasteiger charge is -2.46. The summed E-state index contributed by atoms with van der Waals surface area (Å²) in [4.78, 5) is 1.12.